The zero-order valence-corrected chi connectivity index (χ0v) is 9.84. The van der Waals surface area contributed by atoms with Crippen LogP contribution in [0.3, 0.4) is 0 Å². The van der Waals surface area contributed by atoms with Gasteiger partial charge in [-0.15, -0.1) is 0 Å². The minimum absolute atomic E-state index is 0.0168. The lowest BCUT2D eigenvalue weighted by Gasteiger charge is -1.92. The van der Waals surface area contributed by atoms with E-state index in [1.54, 1.807) is 6.07 Å². The molecule has 3 rings (SSSR count). The first-order chi connectivity index (χ1) is 7.93. The van der Waals surface area contributed by atoms with E-state index in [2.05, 4.69) is 25.8 Å². The molecule has 0 amide bonds. The summed E-state index contributed by atoms with van der Waals surface area (Å²) in [6.07, 6.45) is 0. The molecular weight excluding hydrogens is 240 g/mol. The normalized spacial score (nSPS) is 15.4. The zero-order chi connectivity index (χ0) is 12.2. The number of rotatable bonds is 1. The number of nitrogens with one attached hydrogen (secondary N) is 2. The highest BCUT2D eigenvalue weighted by molar-refractivity contribution is 7.94. The molecule has 17 heavy (non-hydrogen) atoms. The molecule has 1 unspecified atom stereocenters. The highest BCUT2D eigenvalue weighted by Crippen LogP contribution is 2.20. The van der Waals surface area contributed by atoms with Crippen LogP contribution in [0, 0.1) is 6.92 Å². The van der Waals surface area contributed by atoms with Gasteiger partial charge in [-0.05, 0) is 24.9 Å². The van der Waals surface area contributed by atoms with Gasteiger partial charge in [0.15, 0.2) is 0 Å². The first-order valence-electron chi connectivity index (χ1n) is 4.89. The fourth-order valence-electron chi connectivity index (χ4n) is 1.77. The maximum atomic E-state index is 11.4. The van der Waals surface area contributed by atoms with Crippen molar-refractivity contribution in [3.8, 4) is 0 Å². The van der Waals surface area contributed by atoms with Crippen LogP contribution in [-0.4, -0.2) is 34.6 Å². The molecule has 6 nitrogen and oxygen atoms in total. The monoisotopic (exact) mass is 250 g/mol. The number of fused-ring (bicyclic) bond motifs is 2. The van der Waals surface area contributed by atoms with Crippen LogP contribution < -0.4 is 0 Å². The molecule has 0 saturated carbocycles. The van der Waals surface area contributed by atoms with Gasteiger partial charge in [-0.25, -0.2) is 14.2 Å². The zero-order valence-electron chi connectivity index (χ0n) is 9.02. The third-order valence-electron chi connectivity index (χ3n) is 2.48. The summed E-state index contributed by atoms with van der Waals surface area (Å²) in [5, 5.41) is -0.0168. The Morgan fingerprint density at radius 1 is 1.24 bits per heavy atom. The number of benzene rings is 1. The summed E-state index contributed by atoms with van der Waals surface area (Å²) in [5.41, 5.74) is 2.92. The third kappa shape index (κ3) is 1.60. The Labute approximate surface area is 96.9 Å². The average molecular weight is 250 g/mol. The number of hydrogen-bond acceptors (Lipinski definition) is 3. The molecule has 0 saturated heterocycles. The lowest BCUT2D eigenvalue weighted by atomic mass is 10.3. The maximum absolute atomic E-state index is 11.4. The van der Waals surface area contributed by atoms with Crippen molar-refractivity contribution in [2.75, 3.05) is 0 Å². The van der Waals surface area contributed by atoms with Gasteiger partial charge in [0.1, 0.15) is 15.6 Å². The summed E-state index contributed by atoms with van der Waals surface area (Å²) in [5.74, 6) is 3.99. The molecule has 1 aromatic carbocycles. The van der Waals surface area contributed by atoms with Gasteiger partial charge in [-0.2, -0.15) is 0 Å². The number of aryl methyl sites for hydroxylation is 1. The van der Waals surface area contributed by atoms with Crippen molar-refractivity contribution >= 4 is 37.7 Å². The molecule has 0 bridgehead atoms. The van der Waals surface area contributed by atoms with Crippen LogP contribution in [0.4, 0.5) is 0 Å². The molecular formula is C10H10N4O2S. The van der Waals surface area contributed by atoms with Crippen LogP contribution in [0.15, 0.2) is 17.3 Å². The van der Waals surface area contributed by atoms with E-state index in [4.69, 9.17) is 0 Å². The summed E-state index contributed by atoms with van der Waals surface area (Å²) in [7, 11) is -3.31. The van der Waals surface area contributed by atoms with Crippen LogP contribution in [0.5, 0.6) is 0 Å². The van der Waals surface area contributed by atoms with Gasteiger partial charge >= 0.3 is 0 Å². The number of H-pyrrole nitrogens is 2. The molecule has 7 heteroatoms. The molecule has 1 atom stereocenters. The van der Waals surface area contributed by atoms with Gasteiger partial charge in [-0.3, -0.25) is 0 Å². The molecule has 0 fully saturated rings. The van der Waals surface area contributed by atoms with Crippen molar-refractivity contribution < 1.29 is 8.76 Å². The van der Waals surface area contributed by atoms with Crippen LogP contribution in [0.2, 0.25) is 0 Å². The van der Waals surface area contributed by atoms with Crippen molar-refractivity contribution in [1.29, 1.82) is 0 Å². The first kappa shape index (κ1) is 10.3. The number of hydrogen-bond donors (Lipinski definition) is 3. The Kier molecular flexibility index (Phi) is 1.87. The minimum atomic E-state index is -3.31. The van der Waals surface area contributed by atoms with E-state index in [-0.39, 0.29) is 5.16 Å². The summed E-state index contributed by atoms with van der Waals surface area (Å²) in [6.45, 7) is 1.86. The summed E-state index contributed by atoms with van der Waals surface area (Å²) >= 11 is 0. The smallest absolute Gasteiger partial charge is 0.214 e. The molecule has 2 aromatic heterocycles. The van der Waals surface area contributed by atoms with E-state index < -0.39 is 9.80 Å². The van der Waals surface area contributed by atoms with Gasteiger partial charge in [0.2, 0.25) is 5.16 Å². The second kappa shape index (κ2) is 3.08. The highest BCUT2D eigenvalue weighted by Gasteiger charge is 2.11. The highest BCUT2D eigenvalue weighted by atomic mass is 32.2. The Balaban J connectivity index is 2.37. The molecule has 0 aliphatic heterocycles. The number of imidazole rings is 2. The van der Waals surface area contributed by atoms with Crippen LogP contribution >= 0.6 is 0 Å². The fourth-order valence-corrected chi connectivity index (χ4v) is 2.28. The topological polar surface area (TPSA) is 94.7 Å². The standard InChI is InChI=1S/C10H10N4O2S/c1-5-11-6-3-8-9(4-7(6)12-5)14-10(13-8)17(2,15)16/h3-4H,2H2,1H3,(H,11,12)(H,13,14)(H,15,16). The summed E-state index contributed by atoms with van der Waals surface area (Å²) < 4.78 is 20.7. The van der Waals surface area contributed by atoms with Gasteiger partial charge in [0, 0.05) is 0 Å². The van der Waals surface area contributed by atoms with Gasteiger partial charge in [0.25, 0.3) is 0 Å². The van der Waals surface area contributed by atoms with E-state index in [1.165, 1.54) is 0 Å². The van der Waals surface area contributed by atoms with Gasteiger partial charge in [0.05, 0.1) is 22.1 Å². The Morgan fingerprint density at radius 3 is 2.59 bits per heavy atom. The number of aromatic nitrogens is 4. The van der Waals surface area contributed by atoms with Crippen molar-refractivity contribution in [1.82, 2.24) is 19.9 Å². The van der Waals surface area contributed by atoms with E-state index in [9.17, 15) is 8.76 Å². The lowest BCUT2D eigenvalue weighted by Crippen LogP contribution is -1.99. The third-order valence-corrected chi connectivity index (χ3v) is 3.28. The van der Waals surface area contributed by atoms with Crippen LogP contribution in [-0.2, 0) is 9.80 Å². The van der Waals surface area contributed by atoms with Crippen molar-refractivity contribution in [3.63, 3.8) is 0 Å². The molecule has 0 aliphatic rings. The maximum Gasteiger partial charge on any atom is 0.214 e. The average Bonchev–Trinajstić information content (AvgIpc) is 2.73. The van der Waals surface area contributed by atoms with Crippen LogP contribution in [0.25, 0.3) is 22.1 Å². The molecule has 3 N–H and O–H groups in total. The lowest BCUT2D eigenvalue weighted by molar-refractivity contribution is 0.553. The predicted molar refractivity (Wildman–Crippen MR) is 66.6 cm³/mol. The quantitative estimate of drug-likeness (QED) is 0.567. The SMILES string of the molecule is C=S(=O)(O)c1nc2cc3nc(C)[nH]c3cc2[nH]1. The molecule has 3 aromatic rings. The van der Waals surface area contributed by atoms with Crippen molar-refractivity contribution in [2.24, 2.45) is 0 Å². The fraction of sp³-hybridized carbons (Fsp3) is 0.100. The van der Waals surface area contributed by atoms with E-state index in [0.717, 1.165) is 16.9 Å². The molecule has 0 aliphatic carbocycles. The summed E-state index contributed by atoms with van der Waals surface area (Å²) in [6, 6.07) is 3.58. The molecule has 88 valence electrons. The van der Waals surface area contributed by atoms with Crippen LogP contribution in [0.1, 0.15) is 5.82 Å². The minimum Gasteiger partial charge on any atom is -0.342 e. The van der Waals surface area contributed by atoms with E-state index in [1.807, 2.05) is 13.0 Å². The number of aromatic amines is 2. The largest absolute Gasteiger partial charge is 0.342 e. The van der Waals surface area contributed by atoms with Crippen molar-refractivity contribution in [2.45, 2.75) is 12.1 Å². The molecule has 0 radical (unpaired) electrons. The predicted octanol–water partition coefficient (Wildman–Crippen LogP) is 1.30. The Morgan fingerprint density at radius 2 is 1.88 bits per heavy atom. The summed E-state index contributed by atoms with van der Waals surface area (Å²) in [4.78, 5) is 14.2. The number of nitrogens with zero attached hydrogens (tertiary/aromatic N) is 2. The Hall–Kier alpha value is -1.86. The van der Waals surface area contributed by atoms with Gasteiger partial charge < -0.3 is 14.5 Å². The Bertz CT molecular complexity index is 778. The first-order valence-corrected chi connectivity index (χ1v) is 6.58. The molecule has 2 heterocycles. The second-order valence-electron chi connectivity index (χ2n) is 3.89. The van der Waals surface area contributed by atoms with E-state index in [0.29, 0.717) is 11.0 Å². The van der Waals surface area contributed by atoms with Gasteiger partial charge in [-0.1, -0.05) is 0 Å². The van der Waals surface area contributed by atoms with Crippen molar-refractivity contribution in [3.05, 3.63) is 18.0 Å². The second-order valence-corrected chi connectivity index (χ2v) is 5.56. The molecule has 0 spiro atoms. The van der Waals surface area contributed by atoms with E-state index >= 15 is 0 Å².